The van der Waals surface area contributed by atoms with Crippen molar-refractivity contribution in [1.82, 2.24) is 10.6 Å². The van der Waals surface area contributed by atoms with Crippen molar-refractivity contribution in [3.8, 4) is 0 Å². The SMILES string of the molecule is C=CCC[C@H](Cc1ccccc1)C(=O)OCC1(NC(=O)[C@@H](CC=C)CC(=O)N[C@@H](C)CO)CCCC1. The third-order valence-corrected chi connectivity index (χ3v) is 6.75. The number of benzene rings is 1. The molecule has 0 aromatic heterocycles. The fourth-order valence-electron chi connectivity index (χ4n) is 4.66. The summed E-state index contributed by atoms with van der Waals surface area (Å²) < 4.78 is 5.83. The van der Waals surface area contributed by atoms with Crippen LogP contribution in [0.3, 0.4) is 0 Å². The highest BCUT2D eigenvalue weighted by Crippen LogP contribution is 2.31. The van der Waals surface area contributed by atoms with Crippen LogP contribution >= 0.6 is 0 Å². The van der Waals surface area contributed by atoms with E-state index >= 15 is 0 Å². The van der Waals surface area contributed by atoms with Crippen LogP contribution in [-0.2, 0) is 25.5 Å². The van der Waals surface area contributed by atoms with Crippen LogP contribution in [0.2, 0.25) is 0 Å². The standard InChI is InChI=1S/C29H42N2O5/c1-4-6-15-25(18-23-13-8-7-9-14-23)28(35)36-21-29(16-10-11-17-29)31-27(34)24(12-5-2)19-26(33)30-22(3)20-32/h4-5,7-9,13-14,22,24-25,32H,1-2,6,10-12,15-21H2,3H3,(H,30,33)(H,31,34)/t22-,24-,25+/m0/s1. The predicted octanol–water partition coefficient (Wildman–Crippen LogP) is 3.86. The van der Waals surface area contributed by atoms with Crippen molar-refractivity contribution in [1.29, 1.82) is 0 Å². The molecule has 2 amide bonds. The number of ether oxygens (including phenoxy) is 1. The van der Waals surface area contributed by atoms with Crippen LogP contribution in [0.4, 0.5) is 0 Å². The first-order valence-electron chi connectivity index (χ1n) is 13.0. The van der Waals surface area contributed by atoms with Crippen LogP contribution in [0.15, 0.2) is 55.6 Å². The molecular weight excluding hydrogens is 456 g/mol. The fraction of sp³-hybridized carbons (Fsp3) is 0.552. The molecule has 0 bridgehead atoms. The lowest BCUT2D eigenvalue weighted by atomic mass is 9.93. The lowest BCUT2D eigenvalue weighted by molar-refractivity contribution is -0.152. The number of hydrogen-bond acceptors (Lipinski definition) is 5. The minimum atomic E-state index is -0.628. The molecule has 0 heterocycles. The van der Waals surface area contributed by atoms with Gasteiger partial charge in [0.05, 0.1) is 24.0 Å². The summed E-state index contributed by atoms with van der Waals surface area (Å²) in [4.78, 5) is 38.6. The largest absolute Gasteiger partial charge is 0.463 e. The normalized spacial score (nSPS) is 16.8. The van der Waals surface area contributed by atoms with Gasteiger partial charge in [-0.2, -0.15) is 0 Å². The van der Waals surface area contributed by atoms with E-state index in [9.17, 15) is 19.5 Å². The first-order valence-corrected chi connectivity index (χ1v) is 13.0. The number of carbonyl (C=O) groups is 3. The number of nitrogens with one attached hydrogen (secondary N) is 2. The lowest BCUT2D eigenvalue weighted by Gasteiger charge is -2.32. The number of rotatable bonds is 16. The van der Waals surface area contributed by atoms with E-state index in [1.807, 2.05) is 30.3 Å². The van der Waals surface area contributed by atoms with Crippen LogP contribution in [0.5, 0.6) is 0 Å². The Morgan fingerprint density at radius 1 is 1.11 bits per heavy atom. The maximum atomic E-state index is 13.2. The Labute approximate surface area is 215 Å². The molecule has 1 aromatic carbocycles. The molecule has 0 unspecified atom stereocenters. The maximum absolute atomic E-state index is 13.2. The second-order valence-electron chi connectivity index (χ2n) is 9.91. The van der Waals surface area contributed by atoms with Gasteiger partial charge in [0.25, 0.3) is 0 Å². The molecule has 1 fully saturated rings. The molecule has 0 aliphatic heterocycles. The van der Waals surface area contributed by atoms with E-state index in [0.29, 0.717) is 25.7 Å². The molecular formula is C29H42N2O5. The summed E-state index contributed by atoms with van der Waals surface area (Å²) in [6.07, 6.45) is 9.05. The smallest absolute Gasteiger partial charge is 0.309 e. The summed E-state index contributed by atoms with van der Waals surface area (Å²) in [5.74, 6) is -1.67. The Balaban J connectivity index is 2.03. The molecule has 36 heavy (non-hydrogen) atoms. The zero-order chi connectivity index (χ0) is 26.4. The summed E-state index contributed by atoms with van der Waals surface area (Å²) in [6.45, 7) is 9.15. The molecule has 0 spiro atoms. The van der Waals surface area contributed by atoms with Crippen molar-refractivity contribution < 1.29 is 24.2 Å². The van der Waals surface area contributed by atoms with Gasteiger partial charge >= 0.3 is 5.97 Å². The van der Waals surface area contributed by atoms with E-state index in [1.165, 1.54) is 0 Å². The monoisotopic (exact) mass is 498 g/mol. The van der Waals surface area contributed by atoms with E-state index < -0.39 is 11.5 Å². The van der Waals surface area contributed by atoms with Gasteiger partial charge in [0, 0.05) is 12.5 Å². The summed E-state index contributed by atoms with van der Waals surface area (Å²) in [5, 5.41) is 15.0. The van der Waals surface area contributed by atoms with Crippen molar-refractivity contribution in [3.05, 3.63) is 61.2 Å². The van der Waals surface area contributed by atoms with Gasteiger partial charge in [-0.1, -0.05) is 55.3 Å². The van der Waals surface area contributed by atoms with Crippen molar-refractivity contribution in [2.75, 3.05) is 13.2 Å². The molecule has 1 aromatic rings. The van der Waals surface area contributed by atoms with Crippen molar-refractivity contribution in [2.45, 2.75) is 76.3 Å². The second-order valence-corrected chi connectivity index (χ2v) is 9.91. The highest BCUT2D eigenvalue weighted by molar-refractivity contribution is 5.86. The lowest BCUT2D eigenvalue weighted by Crippen LogP contribution is -2.52. The number of esters is 1. The van der Waals surface area contributed by atoms with Crippen LogP contribution in [0, 0.1) is 11.8 Å². The number of allylic oxidation sites excluding steroid dienone is 2. The van der Waals surface area contributed by atoms with Gasteiger partial charge in [-0.25, -0.2) is 0 Å². The number of hydrogen-bond donors (Lipinski definition) is 3. The van der Waals surface area contributed by atoms with Crippen LogP contribution in [0.25, 0.3) is 0 Å². The van der Waals surface area contributed by atoms with Gasteiger partial charge in [0.1, 0.15) is 6.61 Å². The molecule has 0 saturated heterocycles. The molecule has 0 radical (unpaired) electrons. The zero-order valence-corrected chi connectivity index (χ0v) is 21.5. The molecule has 198 valence electrons. The maximum Gasteiger partial charge on any atom is 0.309 e. The van der Waals surface area contributed by atoms with Crippen LogP contribution < -0.4 is 10.6 Å². The first-order chi connectivity index (χ1) is 17.3. The van der Waals surface area contributed by atoms with Gasteiger partial charge in [-0.3, -0.25) is 14.4 Å². The van der Waals surface area contributed by atoms with Crippen LogP contribution in [-0.4, -0.2) is 47.7 Å². The average molecular weight is 499 g/mol. The van der Waals surface area contributed by atoms with Gasteiger partial charge < -0.3 is 20.5 Å². The van der Waals surface area contributed by atoms with E-state index in [2.05, 4.69) is 23.8 Å². The minimum absolute atomic E-state index is 0.00123. The van der Waals surface area contributed by atoms with E-state index in [0.717, 1.165) is 31.2 Å². The molecule has 3 N–H and O–H groups in total. The Morgan fingerprint density at radius 2 is 1.81 bits per heavy atom. The Hall–Kier alpha value is -2.93. The number of aliphatic hydroxyl groups excluding tert-OH is 1. The van der Waals surface area contributed by atoms with Crippen molar-refractivity contribution in [3.63, 3.8) is 0 Å². The summed E-state index contributed by atoms with van der Waals surface area (Å²) in [6, 6.07) is 9.49. The van der Waals surface area contributed by atoms with E-state index in [4.69, 9.17) is 4.74 Å². The zero-order valence-electron chi connectivity index (χ0n) is 21.5. The van der Waals surface area contributed by atoms with Crippen molar-refractivity contribution >= 4 is 17.8 Å². The Morgan fingerprint density at radius 3 is 2.42 bits per heavy atom. The summed E-state index contributed by atoms with van der Waals surface area (Å²) in [7, 11) is 0. The topological polar surface area (TPSA) is 105 Å². The van der Waals surface area contributed by atoms with Crippen LogP contribution in [0.1, 0.15) is 63.9 Å². The Bertz CT molecular complexity index is 864. The third-order valence-electron chi connectivity index (χ3n) is 6.75. The van der Waals surface area contributed by atoms with Gasteiger partial charge in [0.2, 0.25) is 11.8 Å². The fourth-order valence-corrected chi connectivity index (χ4v) is 4.66. The van der Waals surface area contributed by atoms with Gasteiger partial charge in [-0.05, 0) is 51.0 Å². The first kappa shape index (κ1) is 29.3. The molecule has 2 rings (SSSR count). The summed E-state index contributed by atoms with van der Waals surface area (Å²) in [5.41, 5.74) is 0.449. The number of amides is 2. The molecule has 7 heteroatoms. The molecule has 1 saturated carbocycles. The Kier molecular flexibility index (Phi) is 12.4. The summed E-state index contributed by atoms with van der Waals surface area (Å²) >= 11 is 0. The molecule has 1 aliphatic rings. The quantitative estimate of drug-likeness (QED) is 0.237. The highest BCUT2D eigenvalue weighted by atomic mass is 16.5. The van der Waals surface area contributed by atoms with Crippen molar-refractivity contribution in [2.24, 2.45) is 11.8 Å². The van der Waals surface area contributed by atoms with E-state index in [-0.39, 0.29) is 49.4 Å². The van der Waals surface area contributed by atoms with Gasteiger partial charge in [0.15, 0.2) is 0 Å². The molecule has 1 aliphatic carbocycles. The minimum Gasteiger partial charge on any atom is -0.463 e. The molecule has 7 nitrogen and oxygen atoms in total. The third kappa shape index (κ3) is 9.61. The van der Waals surface area contributed by atoms with Gasteiger partial charge in [-0.15, -0.1) is 13.2 Å². The highest BCUT2D eigenvalue weighted by Gasteiger charge is 2.39. The van der Waals surface area contributed by atoms with E-state index in [1.54, 1.807) is 19.1 Å². The number of aliphatic hydroxyl groups is 1. The molecule has 3 atom stereocenters. The average Bonchev–Trinajstić information content (AvgIpc) is 3.33. The predicted molar refractivity (Wildman–Crippen MR) is 141 cm³/mol. The number of carbonyl (C=O) groups excluding carboxylic acids is 3. The second kappa shape index (κ2) is 15.2.